The maximum atomic E-state index is 10.9. The molecular formula is C9H12N4O2. The molecule has 0 amide bonds. The van der Waals surface area contributed by atoms with E-state index in [0.717, 1.165) is 19.5 Å². The highest BCUT2D eigenvalue weighted by Gasteiger charge is 2.27. The first kappa shape index (κ1) is 9.70. The monoisotopic (exact) mass is 208 g/mol. The molecule has 6 nitrogen and oxygen atoms in total. The molecule has 0 atom stereocenters. The van der Waals surface area contributed by atoms with Crippen LogP contribution in [0.5, 0.6) is 0 Å². The average Bonchev–Trinajstić information content (AvgIpc) is 2.14. The summed E-state index contributed by atoms with van der Waals surface area (Å²) in [5.41, 5.74) is 0.727. The molecule has 1 aliphatic rings. The molecule has 1 aliphatic heterocycles. The van der Waals surface area contributed by atoms with Gasteiger partial charge in [-0.2, -0.15) is 0 Å². The first-order chi connectivity index (χ1) is 7.24. The molecule has 80 valence electrons. The molecule has 0 radical (unpaired) electrons. The zero-order chi connectivity index (χ0) is 10.8. The zero-order valence-electron chi connectivity index (χ0n) is 8.43. The van der Waals surface area contributed by atoms with Crippen LogP contribution in [-0.2, 0) is 0 Å². The number of rotatable bonds is 3. The van der Waals surface area contributed by atoms with Crippen LogP contribution in [0.25, 0.3) is 0 Å². The van der Waals surface area contributed by atoms with Crippen molar-refractivity contribution in [1.29, 1.82) is 0 Å². The SMILES string of the molecule is CNc1nccc(N2CCC2)c1[N+](=O)[O-]. The Morgan fingerprint density at radius 2 is 2.33 bits per heavy atom. The topological polar surface area (TPSA) is 71.3 Å². The highest BCUT2D eigenvalue weighted by atomic mass is 16.6. The molecule has 0 unspecified atom stereocenters. The quantitative estimate of drug-likeness (QED) is 0.597. The standard InChI is InChI=1S/C9H12N4O2/c1-10-9-8(13(14)15)7(3-4-11-9)12-5-2-6-12/h3-4H,2,5-6H2,1H3,(H,10,11). The molecule has 0 bridgehead atoms. The van der Waals surface area contributed by atoms with Crippen molar-refractivity contribution in [3.05, 3.63) is 22.4 Å². The third-order valence-corrected chi connectivity index (χ3v) is 2.52. The van der Waals surface area contributed by atoms with Gasteiger partial charge in [0.05, 0.1) is 4.92 Å². The minimum Gasteiger partial charge on any atom is -0.367 e. The number of pyridine rings is 1. The maximum absolute atomic E-state index is 10.9. The molecule has 0 spiro atoms. The summed E-state index contributed by atoms with van der Waals surface area (Å²) in [7, 11) is 1.63. The van der Waals surface area contributed by atoms with E-state index < -0.39 is 0 Å². The molecule has 2 heterocycles. The van der Waals surface area contributed by atoms with Crippen LogP contribution >= 0.6 is 0 Å². The zero-order valence-corrected chi connectivity index (χ0v) is 8.43. The first-order valence-corrected chi connectivity index (χ1v) is 4.80. The average molecular weight is 208 g/mol. The van der Waals surface area contributed by atoms with Crippen LogP contribution in [0.3, 0.4) is 0 Å². The third kappa shape index (κ3) is 1.58. The van der Waals surface area contributed by atoms with E-state index >= 15 is 0 Å². The summed E-state index contributed by atoms with van der Waals surface area (Å²) in [5.74, 6) is 0.324. The molecular weight excluding hydrogens is 196 g/mol. The van der Waals surface area contributed by atoms with E-state index in [1.54, 1.807) is 19.3 Å². The third-order valence-electron chi connectivity index (χ3n) is 2.52. The van der Waals surface area contributed by atoms with Crippen LogP contribution in [0.1, 0.15) is 6.42 Å². The number of nitrogens with zero attached hydrogens (tertiary/aromatic N) is 3. The second kappa shape index (κ2) is 3.72. The van der Waals surface area contributed by atoms with Gasteiger partial charge in [0, 0.05) is 26.3 Å². The number of anilines is 2. The largest absolute Gasteiger partial charge is 0.367 e. The number of hydrogen-bond donors (Lipinski definition) is 1. The Bertz CT molecular complexity index is 390. The summed E-state index contributed by atoms with van der Waals surface area (Å²) < 4.78 is 0. The summed E-state index contributed by atoms with van der Waals surface area (Å²) >= 11 is 0. The molecule has 15 heavy (non-hydrogen) atoms. The summed E-state index contributed by atoms with van der Waals surface area (Å²) in [6.07, 6.45) is 2.68. The Hall–Kier alpha value is -1.85. The molecule has 0 aromatic carbocycles. The lowest BCUT2D eigenvalue weighted by Gasteiger charge is -2.32. The Morgan fingerprint density at radius 3 is 2.80 bits per heavy atom. The number of nitro groups is 1. The molecule has 0 saturated carbocycles. The molecule has 2 rings (SSSR count). The van der Waals surface area contributed by atoms with E-state index in [1.165, 1.54) is 0 Å². The smallest absolute Gasteiger partial charge is 0.334 e. The fourth-order valence-corrected chi connectivity index (χ4v) is 1.62. The summed E-state index contributed by atoms with van der Waals surface area (Å²) in [6, 6.07) is 1.69. The predicted molar refractivity (Wildman–Crippen MR) is 57.3 cm³/mol. The van der Waals surface area contributed by atoms with Crippen LogP contribution < -0.4 is 10.2 Å². The van der Waals surface area contributed by atoms with Gasteiger partial charge in [0.1, 0.15) is 5.69 Å². The predicted octanol–water partition coefficient (Wildman–Crippen LogP) is 1.24. The van der Waals surface area contributed by atoms with Gasteiger partial charge in [-0.05, 0) is 12.5 Å². The number of nitrogens with one attached hydrogen (secondary N) is 1. The van der Waals surface area contributed by atoms with Crippen molar-refractivity contribution >= 4 is 17.2 Å². The van der Waals surface area contributed by atoms with Gasteiger partial charge in [0.25, 0.3) is 0 Å². The van der Waals surface area contributed by atoms with Gasteiger partial charge in [0.2, 0.25) is 5.82 Å². The molecule has 0 aliphatic carbocycles. The van der Waals surface area contributed by atoms with E-state index in [-0.39, 0.29) is 10.6 Å². The normalized spacial score (nSPS) is 14.6. The molecule has 1 saturated heterocycles. The lowest BCUT2D eigenvalue weighted by atomic mass is 10.1. The fourth-order valence-electron chi connectivity index (χ4n) is 1.62. The van der Waals surface area contributed by atoms with Crippen molar-refractivity contribution in [3.63, 3.8) is 0 Å². The van der Waals surface area contributed by atoms with Gasteiger partial charge in [-0.15, -0.1) is 0 Å². The van der Waals surface area contributed by atoms with Crippen LogP contribution in [0, 0.1) is 10.1 Å². The van der Waals surface area contributed by atoms with E-state index in [0.29, 0.717) is 11.5 Å². The molecule has 1 aromatic rings. The Kier molecular flexibility index (Phi) is 2.40. The van der Waals surface area contributed by atoms with Crippen LogP contribution in [0.15, 0.2) is 12.3 Å². The van der Waals surface area contributed by atoms with Crippen molar-refractivity contribution in [1.82, 2.24) is 4.98 Å². The summed E-state index contributed by atoms with van der Waals surface area (Å²) in [4.78, 5) is 16.5. The minimum absolute atomic E-state index is 0.0692. The van der Waals surface area contributed by atoms with Crippen molar-refractivity contribution in [2.24, 2.45) is 0 Å². The van der Waals surface area contributed by atoms with Gasteiger partial charge < -0.3 is 10.2 Å². The van der Waals surface area contributed by atoms with Crippen molar-refractivity contribution in [3.8, 4) is 0 Å². The molecule has 1 N–H and O–H groups in total. The minimum atomic E-state index is -0.382. The van der Waals surface area contributed by atoms with Gasteiger partial charge in [-0.3, -0.25) is 10.1 Å². The lowest BCUT2D eigenvalue weighted by Crippen LogP contribution is -2.37. The van der Waals surface area contributed by atoms with Gasteiger partial charge in [0.15, 0.2) is 0 Å². The highest BCUT2D eigenvalue weighted by Crippen LogP contribution is 2.35. The van der Waals surface area contributed by atoms with Crippen LogP contribution in [0.2, 0.25) is 0 Å². The highest BCUT2D eigenvalue weighted by molar-refractivity contribution is 5.74. The van der Waals surface area contributed by atoms with E-state index in [9.17, 15) is 10.1 Å². The lowest BCUT2D eigenvalue weighted by molar-refractivity contribution is -0.383. The van der Waals surface area contributed by atoms with Gasteiger partial charge in [-0.1, -0.05) is 0 Å². The summed E-state index contributed by atoms with van der Waals surface area (Å²) in [5, 5.41) is 13.7. The summed E-state index contributed by atoms with van der Waals surface area (Å²) in [6.45, 7) is 1.77. The fraction of sp³-hybridized carbons (Fsp3) is 0.444. The van der Waals surface area contributed by atoms with E-state index in [2.05, 4.69) is 10.3 Å². The molecule has 1 aromatic heterocycles. The van der Waals surface area contributed by atoms with Crippen molar-refractivity contribution in [2.45, 2.75) is 6.42 Å². The van der Waals surface area contributed by atoms with Crippen LogP contribution in [-0.4, -0.2) is 30.0 Å². The molecule has 1 fully saturated rings. The van der Waals surface area contributed by atoms with E-state index in [1.807, 2.05) is 4.90 Å². The Labute approximate surface area is 87.1 Å². The van der Waals surface area contributed by atoms with Crippen molar-refractivity contribution < 1.29 is 4.92 Å². The van der Waals surface area contributed by atoms with E-state index in [4.69, 9.17) is 0 Å². The maximum Gasteiger partial charge on any atom is 0.334 e. The van der Waals surface area contributed by atoms with Crippen molar-refractivity contribution in [2.75, 3.05) is 30.4 Å². The second-order valence-electron chi connectivity index (χ2n) is 3.38. The number of hydrogen-bond acceptors (Lipinski definition) is 5. The van der Waals surface area contributed by atoms with Gasteiger partial charge >= 0.3 is 5.69 Å². The van der Waals surface area contributed by atoms with Gasteiger partial charge in [-0.25, -0.2) is 4.98 Å². The Balaban J connectivity index is 2.47. The van der Waals surface area contributed by atoms with Crippen LogP contribution in [0.4, 0.5) is 17.2 Å². The molecule has 6 heteroatoms. The Morgan fingerprint density at radius 1 is 1.60 bits per heavy atom. The first-order valence-electron chi connectivity index (χ1n) is 4.80. The number of aromatic nitrogens is 1. The second-order valence-corrected chi connectivity index (χ2v) is 3.38.